The fourth-order valence-corrected chi connectivity index (χ4v) is 3.06. The topological polar surface area (TPSA) is 84.8 Å². The number of benzene rings is 1. The molecule has 4 aromatic rings. The highest BCUT2D eigenvalue weighted by atomic mass is 19.1. The average molecular weight is 416 g/mol. The van der Waals surface area contributed by atoms with E-state index < -0.39 is 0 Å². The minimum Gasteiger partial charge on any atom is -0.481 e. The molecule has 8 heteroatoms. The predicted octanol–water partition coefficient (Wildman–Crippen LogP) is 5.00. The summed E-state index contributed by atoms with van der Waals surface area (Å²) in [7, 11) is 1.58. The van der Waals surface area contributed by atoms with Crippen LogP contribution < -0.4 is 15.4 Å². The van der Waals surface area contributed by atoms with Crippen LogP contribution in [-0.4, -0.2) is 27.0 Å². The van der Waals surface area contributed by atoms with Gasteiger partial charge in [-0.25, -0.2) is 19.3 Å². The molecule has 1 unspecified atom stereocenters. The molecule has 0 fully saturated rings. The molecule has 3 aromatic heterocycles. The van der Waals surface area contributed by atoms with Crippen molar-refractivity contribution in [3.05, 3.63) is 84.7 Å². The van der Waals surface area contributed by atoms with E-state index in [1.54, 1.807) is 50.1 Å². The second-order valence-electron chi connectivity index (χ2n) is 6.85. The molecule has 2 N–H and O–H groups in total. The minimum absolute atomic E-state index is 0.0818. The molecule has 4 rings (SSSR count). The molecule has 0 aliphatic heterocycles. The zero-order valence-corrected chi connectivity index (χ0v) is 17.1. The number of nitrogens with zero attached hydrogens (tertiary/aromatic N) is 4. The molecule has 0 spiro atoms. The first-order chi connectivity index (χ1) is 15.1. The molecular weight excluding hydrogens is 395 g/mol. The van der Waals surface area contributed by atoms with E-state index in [4.69, 9.17) is 4.74 Å². The molecule has 0 saturated heterocycles. The zero-order chi connectivity index (χ0) is 21.6. The number of hydrogen-bond acceptors (Lipinski definition) is 7. The minimum atomic E-state index is -0.265. The maximum absolute atomic E-state index is 13.3. The van der Waals surface area contributed by atoms with Crippen molar-refractivity contribution in [2.75, 3.05) is 17.7 Å². The van der Waals surface area contributed by atoms with Gasteiger partial charge in [0, 0.05) is 36.3 Å². The van der Waals surface area contributed by atoms with Gasteiger partial charge in [-0.2, -0.15) is 0 Å². The number of hydrogen-bond donors (Lipinski definition) is 2. The summed E-state index contributed by atoms with van der Waals surface area (Å²) in [4.78, 5) is 17.3. The van der Waals surface area contributed by atoms with E-state index in [1.807, 2.05) is 25.1 Å². The second kappa shape index (κ2) is 9.17. The van der Waals surface area contributed by atoms with Gasteiger partial charge < -0.3 is 15.4 Å². The summed E-state index contributed by atoms with van der Waals surface area (Å²) < 4.78 is 18.4. The number of aromatic nitrogens is 4. The lowest BCUT2D eigenvalue weighted by atomic mass is 10.1. The molecule has 0 bridgehead atoms. The molecule has 0 saturated carbocycles. The van der Waals surface area contributed by atoms with E-state index in [1.165, 1.54) is 12.1 Å². The van der Waals surface area contributed by atoms with Crippen LogP contribution in [0, 0.1) is 5.82 Å². The van der Waals surface area contributed by atoms with Crippen LogP contribution in [-0.2, 0) is 0 Å². The lowest BCUT2D eigenvalue weighted by Crippen LogP contribution is -2.09. The van der Waals surface area contributed by atoms with Crippen molar-refractivity contribution in [3.63, 3.8) is 0 Å². The van der Waals surface area contributed by atoms with Gasteiger partial charge in [0.25, 0.3) is 0 Å². The molecule has 0 aliphatic rings. The third kappa shape index (κ3) is 5.11. The maximum atomic E-state index is 13.3. The SMILES string of the molecule is COc1ccc(-c2cc(Nc3cnccn3)nc(NC(C)c3ccc(F)cc3)c2)cn1. The van der Waals surface area contributed by atoms with Gasteiger partial charge in [0.2, 0.25) is 5.88 Å². The van der Waals surface area contributed by atoms with Crippen LogP contribution in [0.25, 0.3) is 11.1 Å². The Kier molecular flexibility index (Phi) is 5.98. The molecule has 156 valence electrons. The fraction of sp³-hybridized carbons (Fsp3) is 0.130. The lowest BCUT2D eigenvalue weighted by molar-refractivity contribution is 0.398. The van der Waals surface area contributed by atoms with Crippen molar-refractivity contribution in [3.8, 4) is 17.0 Å². The van der Waals surface area contributed by atoms with Crippen molar-refractivity contribution in [2.24, 2.45) is 0 Å². The Bertz CT molecular complexity index is 1140. The standard InChI is InChI=1S/C23H21FN6O/c1-15(16-3-6-19(24)7-4-16)28-20-11-18(17-5-8-23(31-2)27-13-17)12-21(29-20)30-22-14-25-9-10-26-22/h3-15H,1-2H3,(H2,26,28,29,30). The van der Waals surface area contributed by atoms with E-state index in [0.717, 1.165) is 16.7 Å². The van der Waals surface area contributed by atoms with Crippen LogP contribution in [0.15, 0.2) is 73.3 Å². The molecule has 1 atom stereocenters. The summed E-state index contributed by atoms with van der Waals surface area (Å²) in [5.41, 5.74) is 2.76. The summed E-state index contributed by atoms with van der Waals surface area (Å²) >= 11 is 0. The lowest BCUT2D eigenvalue weighted by Gasteiger charge is -2.17. The highest BCUT2D eigenvalue weighted by Gasteiger charge is 2.11. The number of ether oxygens (including phenoxy) is 1. The first-order valence-corrected chi connectivity index (χ1v) is 9.68. The largest absolute Gasteiger partial charge is 0.481 e. The quantitative estimate of drug-likeness (QED) is 0.439. The summed E-state index contributed by atoms with van der Waals surface area (Å²) in [5.74, 6) is 2.11. The normalized spacial score (nSPS) is 11.6. The Labute approximate surface area is 179 Å². The van der Waals surface area contributed by atoms with E-state index >= 15 is 0 Å². The molecule has 0 radical (unpaired) electrons. The maximum Gasteiger partial charge on any atom is 0.212 e. The van der Waals surface area contributed by atoms with Crippen molar-refractivity contribution in [2.45, 2.75) is 13.0 Å². The summed E-state index contributed by atoms with van der Waals surface area (Å²) in [6.45, 7) is 1.99. The van der Waals surface area contributed by atoms with Gasteiger partial charge in [-0.1, -0.05) is 12.1 Å². The Morgan fingerprint density at radius 2 is 1.68 bits per heavy atom. The van der Waals surface area contributed by atoms with Crippen LogP contribution >= 0.6 is 0 Å². The zero-order valence-electron chi connectivity index (χ0n) is 17.1. The van der Waals surface area contributed by atoms with Crippen molar-refractivity contribution in [1.29, 1.82) is 0 Å². The molecule has 1 aromatic carbocycles. The third-order valence-corrected chi connectivity index (χ3v) is 4.66. The first-order valence-electron chi connectivity index (χ1n) is 9.68. The summed E-state index contributed by atoms with van der Waals surface area (Å²) in [5, 5.41) is 6.56. The van der Waals surface area contributed by atoms with Gasteiger partial charge >= 0.3 is 0 Å². The molecule has 31 heavy (non-hydrogen) atoms. The molecule has 0 aliphatic carbocycles. The highest BCUT2D eigenvalue weighted by Crippen LogP contribution is 2.28. The molecule has 3 heterocycles. The van der Waals surface area contributed by atoms with Gasteiger partial charge in [-0.05, 0) is 48.4 Å². The molecule has 7 nitrogen and oxygen atoms in total. The number of nitrogens with one attached hydrogen (secondary N) is 2. The van der Waals surface area contributed by atoms with Gasteiger partial charge in [-0.3, -0.25) is 4.98 Å². The number of pyridine rings is 2. The van der Waals surface area contributed by atoms with E-state index in [9.17, 15) is 4.39 Å². The number of halogens is 1. The number of anilines is 3. The van der Waals surface area contributed by atoms with Gasteiger partial charge in [0.15, 0.2) is 0 Å². The number of rotatable bonds is 7. The van der Waals surface area contributed by atoms with Gasteiger partial charge in [-0.15, -0.1) is 0 Å². The van der Waals surface area contributed by atoms with Crippen LogP contribution in [0.1, 0.15) is 18.5 Å². The van der Waals surface area contributed by atoms with Crippen LogP contribution in [0.2, 0.25) is 0 Å². The summed E-state index contributed by atoms with van der Waals surface area (Å²) in [6.07, 6.45) is 6.58. The fourth-order valence-electron chi connectivity index (χ4n) is 3.06. The average Bonchev–Trinajstić information content (AvgIpc) is 2.80. The Balaban J connectivity index is 1.67. The van der Waals surface area contributed by atoms with E-state index in [0.29, 0.717) is 23.3 Å². The molecular formula is C23H21FN6O. The van der Waals surface area contributed by atoms with Gasteiger partial charge in [0.05, 0.1) is 13.3 Å². The Hall–Kier alpha value is -4.07. The van der Waals surface area contributed by atoms with E-state index in [2.05, 4.69) is 30.6 Å². The predicted molar refractivity (Wildman–Crippen MR) is 118 cm³/mol. The van der Waals surface area contributed by atoms with Crippen molar-refractivity contribution in [1.82, 2.24) is 19.9 Å². The van der Waals surface area contributed by atoms with E-state index in [-0.39, 0.29) is 11.9 Å². The number of methoxy groups -OCH3 is 1. The first kappa shape index (κ1) is 20.2. The van der Waals surface area contributed by atoms with Crippen LogP contribution in [0.4, 0.5) is 21.8 Å². The van der Waals surface area contributed by atoms with Crippen LogP contribution in [0.5, 0.6) is 5.88 Å². The highest BCUT2D eigenvalue weighted by molar-refractivity contribution is 5.71. The Morgan fingerprint density at radius 3 is 2.35 bits per heavy atom. The monoisotopic (exact) mass is 416 g/mol. The van der Waals surface area contributed by atoms with Crippen molar-refractivity contribution < 1.29 is 9.13 Å². The Morgan fingerprint density at radius 1 is 0.871 bits per heavy atom. The third-order valence-electron chi connectivity index (χ3n) is 4.66. The van der Waals surface area contributed by atoms with Gasteiger partial charge in [0.1, 0.15) is 23.3 Å². The molecule has 0 amide bonds. The second-order valence-corrected chi connectivity index (χ2v) is 6.85. The van der Waals surface area contributed by atoms with Crippen molar-refractivity contribution >= 4 is 17.5 Å². The summed E-state index contributed by atoms with van der Waals surface area (Å²) in [6, 6.07) is 13.9. The smallest absolute Gasteiger partial charge is 0.212 e. The van der Waals surface area contributed by atoms with Crippen LogP contribution in [0.3, 0.4) is 0 Å².